The number of hydrogen-bond donors (Lipinski definition) is 1. The molecule has 16 heavy (non-hydrogen) atoms. The highest BCUT2D eigenvalue weighted by Crippen LogP contribution is 2.49. The van der Waals surface area contributed by atoms with E-state index in [0.717, 1.165) is 5.92 Å². The van der Waals surface area contributed by atoms with Crippen LogP contribution in [-0.4, -0.2) is 12.1 Å². The van der Waals surface area contributed by atoms with Crippen molar-refractivity contribution in [2.24, 2.45) is 5.92 Å². The Balaban J connectivity index is 1.81. The van der Waals surface area contributed by atoms with Crippen LogP contribution in [-0.2, 0) is 0 Å². The van der Waals surface area contributed by atoms with E-state index in [1.165, 1.54) is 70.8 Å². The van der Waals surface area contributed by atoms with Crippen LogP contribution in [0.2, 0.25) is 0 Å². The fraction of sp³-hybridized carbons (Fsp3) is 0.867. The molecule has 1 saturated carbocycles. The minimum atomic E-state index is 0.470. The Bertz CT molecular complexity index is 269. The zero-order chi connectivity index (χ0) is 10.8. The smallest absolute Gasteiger partial charge is 0.0422 e. The van der Waals surface area contributed by atoms with Crippen molar-refractivity contribution < 1.29 is 0 Å². The average molecular weight is 219 g/mol. The van der Waals surface area contributed by atoms with Gasteiger partial charge >= 0.3 is 0 Å². The lowest BCUT2D eigenvalue weighted by Crippen LogP contribution is -2.44. The van der Waals surface area contributed by atoms with Crippen LogP contribution in [0.5, 0.6) is 0 Å². The van der Waals surface area contributed by atoms with Gasteiger partial charge in [0, 0.05) is 5.54 Å². The molecule has 1 heteroatoms. The highest BCUT2D eigenvalue weighted by atomic mass is 15.0. The van der Waals surface area contributed by atoms with Crippen LogP contribution in [0.4, 0.5) is 0 Å². The van der Waals surface area contributed by atoms with Crippen molar-refractivity contribution in [1.82, 2.24) is 5.32 Å². The third-order valence-corrected chi connectivity index (χ3v) is 4.83. The van der Waals surface area contributed by atoms with Crippen LogP contribution >= 0.6 is 0 Å². The van der Waals surface area contributed by atoms with Gasteiger partial charge in [-0.15, -0.1) is 0 Å². The molecule has 3 aliphatic rings. The molecule has 90 valence electrons. The first kappa shape index (κ1) is 10.8. The SMILES string of the molecule is C1=C(C2(C3CC3)CCCN2)CCCCCC1. The third-order valence-electron chi connectivity index (χ3n) is 4.83. The number of allylic oxidation sites excluding steroid dienone is 1. The Labute approximate surface area is 99.7 Å². The van der Waals surface area contributed by atoms with E-state index in [1.807, 2.05) is 0 Å². The lowest BCUT2D eigenvalue weighted by molar-refractivity contribution is 0.368. The van der Waals surface area contributed by atoms with Gasteiger partial charge in [0.2, 0.25) is 0 Å². The molecule has 0 amide bonds. The molecule has 0 aromatic carbocycles. The molecule has 1 atom stereocenters. The molecule has 0 spiro atoms. The maximum atomic E-state index is 3.88. The van der Waals surface area contributed by atoms with Gasteiger partial charge in [-0.2, -0.15) is 0 Å². The van der Waals surface area contributed by atoms with Crippen molar-refractivity contribution in [2.45, 2.75) is 69.7 Å². The molecule has 1 nitrogen and oxygen atoms in total. The summed E-state index contributed by atoms with van der Waals surface area (Å²) in [7, 11) is 0. The summed E-state index contributed by atoms with van der Waals surface area (Å²) in [5.41, 5.74) is 2.27. The molecule has 1 N–H and O–H groups in total. The predicted octanol–water partition coefficient (Wildman–Crippen LogP) is 3.80. The van der Waals surface area contributed by atoms with Gasteiger partial charge in [0.25, 0.3) is 0 Å². The summed E-state index contributed by atoms with van der Waals surface area (Å²) in [5.74, 6) is 0.987. The largest absolute Gasteiger partial charge is 0.307 e. The molecule has 2 aliphatic carbocycles. The fourth-order valence-electron chi connectivity index (χ4n) is 3.82. The Hall–Kier alpha value is -0.300. The Morgan fingerprint density at radius 2 is 1.94 bits per heavy atom. The second kappa shape index (κ2) is 4.52. The second-order valence-corrected chi connectivity index (χ2v) is 5.96. The van der Waals surface area contributed by atoms with E-state index in [4.69, 9.17) is 0 Å². The highest BCUT2D eigenvalue weighted by Gasteiger charge is 2.48. The van der Waals surface area contributed by atoms with Gasteiger partial charge in [-0.25, -0.2) is 0 Å². The normalized spacial score (nSPS) is 36.6. The van der Waals surface area contributed by atoms with Crippen LogP contribution in [0.25, 0.3) is 0 Å². The van der Waals surface area contributed by atoms with Gasteiger partial charge in [-0.05, 0) is 63.8 Å². The van der Waals surface area contributed by atoms with E-state index < -0.39 is 0 Å². The van der Waals surface area contributed by atoms with Gasteiger partial charge in [-0.3, -0.25) is 0 Å². The monoisotopic (exact) mass is 219 g/mol. The number of rotatable bonds is 2. The standard InChI is InChI=1S/C15H25N/c1-2-4-7-13(8-5-3-1)15(14-9-10-14)11-6-12-16-15/h7,14,16H,1-6,8-12H2. The molecule has 1 saturated heterocycles. The summed E-state index contributed by atoms with van der Waals surface area (Å²) >= 11 is 0. The second-order valence-electron chi connectivity index (χ2n) is 5.96. The Kier molecular flexibility index (Phi) is 3.06. The third kappa shape index (κ3) is 1.95. The van der Waals surface area contributed by atoms with E-state index in [2.05, 4.69) is 11.4 Å². The van der Waals surface area contributed by atoms with Crippen molar-refractivity contribution in [1.29, 1.82) is 0 Å². The Morgan fingerprint density at radius 3 is 2.69 bits per heavy atom. The molecule has 2 fully saturated rings. The van der Waals surface area contributed by atoms with Crippen LogP contribution in [0, 0.1) is 5.92 Å². The summed E-state index contributed by atoms with van der Waals surface area (Å²) < 4.78 is 0. The summed E-state index contributed by atoms with van der Waals surface area (Å²) in [6, 6.07) is 0. The summed E-state index contributed by atoms with van der Waals surface area (Å²) in [6.45, 7) is 1.26. The van der Waals surface area contributed by atoms with Gasteiger partial charge in [0.05, 0.1) is 0 Å². The first-order valence-electron chi connectivity index (χ1n) is 7.36. The van der Waals surface area contributed by atoms with E-state index >= 15 is 0 Å². The van der Waals surface area contributed by atoms with Crippen LogP contribution in [0.3, 0.4) is 0 Å². The highest BCUT2D eigenvalue weighted by molar-refractivity contribution is 5.27. The van der Waals surface area contributed by atoms with Crippen LogP contribution in [0.15, 0.2) is 11.6 Å². The molecule has 0 bridgehead atoms. The van der Waals surface area contributed by atoms with Crippen LogP contribution < -0.4 is 5.32 Å². The molecule has 1 heterocycles. The Morgan fingerprint density at radius 1 is 1.06 bits per heavy atom. The van der Waals surface area contributed by atoms with E-state index in [-0.39, 0.29) is 0 Å². The van der Waals surface area contributed by atoms with Crippen molar-refractivity contribution in [2.75, 3.05) is 6.54 Å². The quantitative estimate of drug-likeness (QED) is 0.697. The van der Waals surface area contributed by atoms with Crippen molar-refractivity contribution in [3.63, 3.8) is 0 Å². The average Bonchev–Trinajstić information content (AvgIpc) is 2.99. The van der Waals surface area contributed by atoms with E-state index in [9.17, 15) is 0 Å². The summed E-state index contributed by atoms with van der Waals surface area (Å²) in [6.07, 6.45) is 16.9. The number of nitrogens with one attached hydrogen (secondary N) is 1. The summed E-state index contributed by atoms with van der Waals surface area (Å²) in [4.78, 5) is 0. The zero-order valence-electron chi connectivity index (χ0n) is 10.4. The van der Waals surface area contributed by atoms with Gasteiger partial charge in [0.15, 0.2) is 0 Å². The molecule has 0 aromatic rings. The lowest BCUT2D eigenvalue weighted by Gasteiger charge is -2.34. The first-order chi connectivity index (χ1) is 7.92. The van der Waals surface area contributed by atoms with E-state index in [1.54, 1.807) is 5.57 Å². The van der Waals surface area contributed by atoms with Crippen molar-refractivity contribution in [3.05, 3.63) is 11.6 Å². The fourth-order valence-corrected chi connectivity index (χ4v) is 3.82. The molecular weight excluding hydrogens is 194 g/mol. The minimum absolute atomic E-state index is 0.470. The van der Waals surface area contributed by atoms with E-state index in [0.29, 0.717) is 5.54 Å². The minimum Gasteiger partial charge on any atom is -0.307 e. The maximum Gasteiger partial charge on any atom is 0.0422 e. The summed E-state index contributed by atoms with van der Waals surface area (Å²) in [5, 5.41) is 3.88. The maximum absolute atomic E-state index is 3.88. The number of hydrogen-bond acceptors (Lipinski definition) is 1. The van der Waals surface area contributed by atoms with Crippen LogP contribution in [0.1, 0.15) is 64.2 Å². The molecule has 1 unspecified atom stereocenters. The first-order valence-corrected chi connectivity index (χ1v) is 7.36. The lowest BCUT2D eigenvalue weighted by atomic mass is 9.79. The predicted molar refractivity (Wildman–Crippen MR) is 68.5 cm³/mol. The molecule has 0 radical (unpaired) electrons. The molecule has 0 aromatic heterocycles. The van der Waals surface area contributed by atoms with Gasteiger partial charge in [0.1, 0.15) is 0 Å². The van der Waals surface area contributed by atoms with Gasteiger partial charge < -0.3 is 5.32 Å². The topological polar surface area (TPSA) is 12.0 Å². The van der Waals surface area contributed by atoms with Crippen molar-refractivity contribution in [3.8, 4) is 0 Å². The van der Waals surface area contributed by atoms with Crippen molar-refractivity contribution >= 4 is 0 Å². The molecule has 1 aliphatic heterocycles. The molecule has 3 rings (SSSR count). The van der Waals surface area contributed by atoms with Gasteiger partial charge in [-0.1, -0.05) is 24.5 Å². The zero-order valence-corrected chi connectivity index (χ0v) is 10.4. The molecular formula is C15H25N.